The van der Waals surface area contributed by atoms with Gasteiger partial charge in [-0.3, -0.25) is 9.59 Å². The van der Waals surface area contributed by atoms with Crippen LogP contribution in [0.4, 0.5) is 0 Å². The van der Waals surface area contributed by atoms with E-state index in [1.807, 2.05) is 6.92 Å². The third kappa shape index (κ3) is 11.7. The third-order valence-corrected chi connectivity index (χ3v) is 3.14. The van der Waals surface area contributed by atoms with Crippen LogP contribution in [0.3, 0.4) is 0 Å². The molecule has 0 aliphatic heterocycles. The molecule has 0 aromatic rings. The van der Waals surface area contributed by atoms with Crippen LogP contribution in [-0.4, -0.2) is 23.1 Å². The minimum absolute atomic E-state index is 0.0769. The fourth-order valence-corrected chi connectivity index (χ4v) is 1.99. The Morgan fingerprint density at radius 3 is 2.11 bits per heavy atom. The molecule has 0 aromatic heterocycles. The number of aliphatic carboxylic acids is 1. The topological polar surface area (TPSA) is 63.6 Å². The van der Waals surface area contributed by atoms with E-state index in [0.717, 1.165) is 51.4 Å². The summed E-state index contributed by atoms with van der Waals surface area (Å²) in [6.45, 7) is 4.13. The van der Waals surface area contributed by atoms with Crippen LogP contribution in [0.25, 0.3) is 0 Å². The second-order valence-electron chi connectivity index (χ2n) is 4.97. The molecular weight excluding hydrogens is 244 g/mol. The standard InChI is InChI=1S/C15H28O4/c1-3-10-13(4-2)19-15(18)12-9-7-5-6-8-11-14(16)17/h13H,3-12H2,1-2H3,(H,16,17). The number of carboxylic acid groups (broad SMARTS) is 1. The van der Waals surface area contributed by atoms with E-state index in [9.17, 15) is 9.59 Å². The van der Waals surface area contributed by atoms with Crippen molar-refractivity contribution in [2.45, 2.75) is 84.2 Å². The quantitative estimate of drug-likeness (QED) is 0.432. The number of carboxylic acids is 1. The van der Waals surface area contributed by atoms with Gasteiger partial charge in [0.2, 0.25) is 0 Å². The first kappa shape index (κ1) is 17.9. The first-order valence-electron chi connectivity index (χ1n) is 7.51. The molecule has 0 aliphatic rings. The Bertz CT molecular complexity index is 251. The van der Waals surface area contributed by atoms with Crippen LogP contribution in [0, 0.1) is 0 Å². The Morgan fingerprint density at radius 2 is 1.58 bits per heavy atom. The lowest BCUT2D eigenvalue weighted by molar-refractivity contribution is -0.149. The highest BCUT2D eigenvalue weighted by Gasteiger charge is 2.10. The van der Waals surface area contributed by atoms with Crippen molar-refractivity contribution in [3.05, 3.63) is 0 Å². The van der Waals surface area contributed by atoms with Crippen molar-refractivity contribution in [2.75, 3.05) is 0 Å². The molecule has 0 rings (SSSR count). The summed E-state index contributed by atoms with van der Waals surface area (Å²) in [7, 11) is 0. The Kier molecular flexibility index (Phi) is 11.3. The molecule has 4 nitrogen and oxygen atoms in total. The molecule has 0 aliphatic carbocycles. The summed E-state index contributed by atoms with van der Waals surface area (Å²) in [6.07, 6.45) is 8.13. The maximum absolute atomic E-state index is 11.6. The Balaban J connectivity index is 3.45. The van der Waals surface area contributed by atoms with E-state index in [1.54, 1.807) is 0 Å². The van der Waals surface area contributed by atoms with Gasteiger partial charge in [-0.2, -0.15) is 0 Å². The van der Waals surface area contributed by atoms with Gasteiger partial charge >= 0.3 is 11.9 Å². The first-order valence-corrected chi connectivity index (χ1v) is 7.51. The number of esters is 1. The SMILES string of the molecule is CCCC(CC)OC(=O)CCCCCCCC(=O)O. The van der Waals surface area contributed by atoms with Crippen molar-refractivity contribution < 1.29 is 19.4 Å². The zero-order valence-corrected chi connectivity index (χ0v) is 12.3. The third-order valence-electron chi connectivity index (χ3n) is 3.14. The van der Waals surface area contributed by atoms with Gasteiger partial charge in [0.1, 0.15) is 6.10 Å². The van der Waals surface area contributed by atoms with Crippen molar-refractivity contribution in [1.82, 2.24) is 0 Å². The second-order valence-corrected chi connectivity index (χ2v) is 4.97. The lowest BCUT2D eigenvalue weighted by Crippen LogP contribution is -2.16. The van der Waals surface area contributed by atoms with Crippen LogP contribution in [0.5, 0.6) is 0 Å². The molecule has 0 bridgehead atoms. The van der Waals surface area contributed by atoms with Crippen molar-refractivity contribution in [1.29, 1.82) is 0 Å². The highest BCUT2D eigenvalue weighted by Crippen LogP contribution is 2.11. The van der Waals surface area contributed by atoms with Crippen LogP contribution in [0.1, 0.15) is 78.1 Å². The monoisotopic (exact) mass is 272 g/mol. The van der Waals surface area contributed by atoms with Crippen molar-refractivity contribution in [3.8, 4) is 0 Å². The van der Waals surface area contributed by atoms with Crippen LogP contribution >= 0.6 is 0 Å². The fraction of sp³-hybridized carbons (Fsp3) is 0.867. The number of rotatable bonds is 12. The molecule has 1 unspecified atom stereocenters. The Hall–Kier alpha value is -1.06. The second kappa shape index (κ2) is 12.0. The van der Waals surface area contributed by atoms with Crippen molar-refractivity contribution >= 4 is 11.9 Å². The minimum Gasteiger partial charge on any atom is -0.481 e. The van der Waals surface area contributed by atoms with E-state index in [4.69, 9.17) is 9.84 Å². The number of carbonyl (C=O) groups is 2. The number of carbonyl (C=O) groups excluding carboxylic acids is 1. The van der Waals surface area contributed by atoms with E-state index >= 15 is 0 Å². The van der Waals surface area contributed by atoms with E-state index in [2.05, 4.69) is 6.92 Å². The van der Waals surface area contributed by atoms with Gasteiger partial charge in [-0.05, 0) is 25.7 Å². The summed E-state index contributed by atoms with van der Waals surface area (Å²) in [5.41, 5.74) is 0. The zero-order chi connectivity index (χ0) is 14.5. The van der Waals surface area contributed by atoms with Crippen LogP contribution in [0.2, 0.25) is 0 Å². The average Bonchev–Trinajstić information content (AvgIpc) is 2.36. The molecule has 19 heavy (non-hydrogen) atoms. The van der Waals surface area contributed by atoms with E-state index in [0.29, 0.717) is 6.42 Å². The summed E-state index contributed by atoms with van der Waals surface area (Å²) >= 11 is 0. The van der Waals surface area contributed by atoms with Crippen molar-refractivity contribution in [3.63, 3.8) is 0 Å². The normalized spacial score (nSPS) is 12.1. The van der Waals surface area contributed by atoms with Crippen LogP contribution < -0.4 is 0 Å². The van der Waals surface area contributed by atoms with Gasteiger partial charge in [0.05, 0.1) is 0 Å². The Labute approximate surface area is 116 Å². The minimum atomic E-state index is -0.731. The number of unbranched alkanes of at least 4 members (excludes halogenated alkanes) is 4. The predicted molar refractivity (Wildman–Crippen MR) is 75.0 cm³/mol. The van der Waals surface area contributed by atoms with Crippen molar-refractivity contribution in [2.24, 2.45) is 0 Å². The number of hydrogen-bond acceptors (Lipinski definition) is 3. The van der Waals surface area contributed by atoms with Gasteiger partial charge in [-0.25, -0.2) is 0 Å². The Morgan fingerprint density at radius 1 is 1.00 bits per heavy atom. The first-order chi connectivity index (χ1) is 9.10. The van der Waals surface area contributed by atoms with Crippen LogP contribution in [-0.2, 0) is 14.3 Å². The summed E-state index contributed by atoms with van der Waals surface area (Å²) in [4.78, 5) is 21.9. The molecule has 0 aromatic carbocycles. The van der Waals surface area contributed by atoms with Gasteiger partial charge in [-0.1, -0.05) is 39.5 Å². The molecule has 112 valence electrons. The van der Waals surface area contributed by atoms with Gasteiger partial charge in [-0.15, -0.1) is 0 Å². The molecule has 0 amide bonds. The summed E-state index contributed by atoms with van der Waals surface area (Å²) in [5, 5.41) is 8.48. The lowest BCUT2D eigenvalue weighted by atomic mass is 10.1. The smallest absolute Gasteiger partial charge is 0.306 e. The molecular formula is C15H28O4. The molecule has 0 spiro atoms. The fourth-order valence-electron chi connectivity index (χ4n) is 1.99. The largest absolute Gasteiger partial charge is 0.481 e. The highest BCUT2D eigenvalue weighted by molar-refractivity contribution is 5.69. The maximum Gasteiger partial charge on any atom is 0.306 e. The molecule has 0 saturated carbocycles. The van der Waals surface area contributed by atoms with Gasteiger partial charge in [0, 0.05) is 12.8 Å². The molecule has 1 atom stereocenters. The number of hydrogen-bond donors (Lipinski definition) is 1. The van der Waals surface area contributed by atoms with E-state index in [-0.39, 0.29) is 18.5 Å². The lowest BCUT2D eigenvalue weighted by Gasteiger charge is -2.15. The van der Waals surface area contributed by atoms with Gasteiger partial charge in [0.25, 0.3) is 0 Å². The zero-order valence-electron chi connectivity index (χ0n) is 12.3. The summed E-state index contributed by atoms with van der Waals surface area (Å²) in [6, 6.07) is 0. The van der Waals surface area contributed by atoms with Gasteiger partial charge < -0.3 is 9.84 Å². The predicted octanol–water partition coefficient (Wildman–Crippen LogP) is 3.92. The molecule has 1 N–H and O–H groups in total. The van der Waals surface area contributed by atoms with E-state index in [1.165, 1.54) is 0 Å². The molecule has 0 heterocycles. The summed E-state index contributed by atoms with van der Waals surface area (Å²) in [5.74, 6) is -0.823. The van der Waals surface area contributed by atoms with E-state index < -0.39 is 5.97 Å². The highest BCUT2D eigenvalue weighted by atomic mass is 16.5. The molecule has 0 radical (unpaired) electrons. The van der Waals surface area contributed by atoms with Gasteiger partial charge in [0.15, 0.2) is 0 Å². The summed E-state index contributed by atoms with van der Waals surface area (Å²) < 4.78 is 5.38. The molecule has 0 saturated heterocycles. The molecule has 0 fully saturated rings. The average molecular weight is 272 g/mol. The molecule has 4 heteroatoms. The maximum atomic E-state index is 11.6. The number of ether oxygens (including phenoxy) is 1. The van der Waals surface area contributed by atoms with Crippen LogP contribution in [0.15, 0.2) is 0 Å².